The van der Waals surface area contributed by atoms with E-state index < -0.39 is 40.2 Å². The number of rotatable bonds is 3. The zero-order valence-electron chi connectivity index (χ0n) is 14.3. The predicted molar refractivity (Wildman–Crippen MR) is 95.1 cm³/mol. The van der Waals surface area contributed by atoms with Gasteiger partial charge >= 0.3 is 18.0 Å². The van der Waals surface area contributed by atoms with Crippen LogP contribution in [-0.2, 0) is 22.3 Å². The molecule has 0 radical (unpaired) electrons. The fourth-order valence-electron chi connectivity index (χ4n) is 2.56. The van der Waals surface area contributed by atoms with E-state index in [4.69, 9.17) is 11.6 Å². The Balaban J connectivity index is 1.65. The number of fused-ring (bicyclic) bond motifs is 1. The summed E-state index contributed by atoms with van der Waals surface area (Å²) in [5.41, 5.74) is -0.514. The highest BCUT2D eigenvalue weighted by Gasteiger charge is 2.33. The van der Waals surface area contributed by atoms with E-state index in [1.807, 2.05) is 0 Å². The Morgan fingerprint density at radius 1 is 1.03 bits per heavy atom. The first kappa shape index (κ1) is 20.6. The fraction of sp³-hybridized carbons (Fsp3) is 0.111. The number of hydrogen-bond donors (Lipinski definition) is 3. The van der Waals surface area contributed by atoms with Crippen LogP contribution in [0.15, 0.2) is 36.5 Å². The first-order valence-corrected chi connectivity index (χ1v) is 8.35. The third kappa shape index (κ3) is 4.48. The molecule has 0 bridgehead atoms. The predicted octanol–water partition coefficient (Wildman–Crippen LogP) is 4.37. The van der Waals surface area contributed by atoms with E-state index in [0.29, 0.717) is 0 Å². The van der Waals surface area contributed by atoms with Crippen LogP contribution in [0.3, 0.4) is 0 Å². The molecule has 2 aromatic carbocycles. The number of H-pyrrole nitrogens is 1. The van der Waals surface area contributed by atoms with Crippen LogP contribution in [-0.4, -0.2) is 16.8 Å². The van der Waals surface area contributed by atoms with Crippen molar-refractivity contribution in [3.63, 3.8) is 0 Å². The van der Waals surface area contributed by atoms with Crippen LogP contribution in [0.5, 0.6) is 0 Å². The number of aromatic amines is 1. The average molecular weight is 432 g/mol. The van der Waals surface area contributed by atoms with Gasteiger partial charge in [-0.25, -0.2) is 8.78 Å². The number of alkyl halides is 3. The van der Waals surface area contributed by atoms with Crippen molar-refractivity contribution in [2.75, 3.05) is 5.32 Å². The van der Waals surface area contributed by atoms with E-state index in [9.17, 15) is 31.5 Å². The summed E-state index contributed by atoms with van der Waals surface area (Å²) >= 11 is 5.59. The van der Waals surface area contributed by atoms with Gasteiger partial charge in [-0.1, -0.05) is 17.7 Å². The molecule has 152 valence electrons. The molecule has 3 N–H and O–H groups in total. The smallest absolute Gasteiger partial charge is 0.359 e. The lowest BCUT2D eigenvalue weighted by molar-refractivity contribution is -0.137. The van der Waals surface area contributed by atoms with Crippen molar-refractivity contribution in [1.29, 1.82) is 0 Å². The average Bonchev–Trinajstić information content (AvgIpc) is 3.00. The zero-order valence-corrected chi connectivity index (χ0v) is 15.0. The molecule has 0 saturated carbocycles. The third-order valence-electron chi connectivity index (χ3n) is 3.97. The summed E-state index contributed by atoms with van der Waals surface area (Å²) in [7, 11) is 0. The molecule has 0 aliphatic heterocycles. The van der Waals surface area contributed by atoms with Gasteiger partial charge in [0.15, 0.2) is 11.6 Å². The molecule has 1 heterocycles. The van der Waals surface area contributed by atoms with Gasteiger partial charge in [0.25, 0.3) is 0 Å². The second-order valence-electron chi connectivity index (χ2n) is 5.96. The Morgan fingerprint density at radius 2 is 1.72 bits per heavy atom. The molecule has 0 spiro atoms. The van der Waals surface area contributed by atoms with Gasteiger partial charge < -0.3 is 15.6 Å². The lowest BCUT2D eigenvalue weighted by Gasteiger charge is -2.11. The normalized spacial score (nSPS) is 11.5. The number of carbonyl (C=O) groups is 2. The molecule has 3 aromatic rings. The van der Waals surface area contributed by atoms with Crippen LogP contribution in [0.25, 0.3) is 10.9 Å². The number of nitrogens with one attached hydrogen (secondary N) is 3. The SMILES string of the molecule is O=C(NCc1ccc(C(F)(F)F)c(Cl)c1)C(=O)Nc1c[nH]c2cc(F)c(F)cc12. The minimum absolute atomic E-state index is 0.0524. The number of hydrogen-bond acceptors (Lipinski definition) is 2. The van der Waals surface area contributed by atoms with Crippen LogP contribution in [0.4, 0.5) is 27.6 Å². The standard InChI is InChI=1S/C18H11ClF5N3O2/c19-11-3-8(1-2-10(11)18(22,23)24)6-26-16(28)17(29)27-15-7-25-14-5-13(21)12(20)4-9(14)15/h1-5,7,25H,6H2,(H,26,28)(H,27,29). The molecule has 0 saturated heterocycles. The summed E-state index contributed by atoms with van der Waals surface area (Å²) in [6.45, 7) is -0.252. The van der Waals surface area contributed by atoms with Crippen LogP contribution < -0.4 is 10.6 Å². The summed E-state index contributed by atoms with van der Waals surface area (Å²) in [5, 5.41) is 4.08. The molecule has 3 rings (SSSR count). The first-order valence-electron chi connectivity index (χ1n) is 7.97. The molecule has 11 heteroatoms. The van der Waals surface area contributed by atoms with E-state index in [0.717, 1.165) is 30.3 Å². The van der Waals surface area contributed by atoms with E-state index in [1.165, 1.54) is 6.20 Å². The molecule has 0 atom stereocenters. The van der Waals surface area contributed by atoms with E-state index in [2.05, 4.69) is 15.6 Å². The lowest BCUT2D eigenvalue weighted by atomic mass is 10.1. The molecular formula is C18H11ClF5N3O2. The highest BCUT2D eigenvalue weighted by atomic mass is 35.5. The second kappa shape index (κ2) is 7.70. The van der Waals surface area contributed by atoms with Crippen LogP contribution in [0, 0.1) is 11.6 Å². The summed E-state index contributed by atoms with van der Waals surface area (Å²) in [6.07, 6.45) is -3.36. The molecule has 0 fully saturated rings. The molecule has 5 nitrogen and oxygen atoms in total. The quantitative estimate of drug-likeness (QED) is 0.425. The maximum atomic E-state index is 13.4. The zero-order chi connectivity index (χ0) is 21.3. The largest absolute Gasteiger partial charge is 0.417 e. The van der Waals surface area contributed by atoms with E-state index in [1.54, 1.807) is 0 Å². The van der Waals surface area contributed by atoms with Gasteiger partial charge in [0, 0.05) is 24.2 Å². The number of anilines is 1. The summed E-state index contributed by atoms with van der Waals surface area (Å²) in [5.74, 6) is -4.40. The molecule has 0 aliphatic carbocycles. The fourth-order valence-corrected chi connectivity index (χ4v) is 2.87. The van der Waals surface area contributed by atoms with Crippen molar-refractivity contribution in [3.05, 3.63) is 64.3 Å². The Kier molecular flexibility index (Phi) is 5.47. The van der Waals surface area contributed by atoms with Crippen LogP contribution in [0.1, 0.15) is 11.1 Å². The maximum absolute atomic E-state index is 13.4. The second-order valence-corrected chi connectivity index (χ2v) is 6.37. The van der Waals surface area contributed by atoms with Gasteiger partial charge in [-0.15, -0.1) is 0 Å². The number of amides is 2. The minimum atomic E-state index is -4.61. The molecule has 1 aromatic heterocycles. The summed E-state index contributed by atoms with van der Waals surface area (Å²) in [4.78, 5) is 26.6. The molecule has 29 heavy (non-hydrogen) atoms. The monoisotopic (exact) mass is 431 g/mol. The number of halogens is 6. The van der Waals surface area contributed by atoms with Gasteiger partial charge in [0.2, 0.25) is 0 Å². The van der Waals surface area contributed by atoms with Crippen molar-refractivity contribution in [2.24, 2.45) is 0 Å². The van der Waals surface area contributed by atoms with Gasteiger partial charge in [0.1, 0.15) is 0 Å². The Hall–Kier alpha value is -3.14. The Bertz CT molecular complexity index is 1110. The van der Waals surface area contributed by atoms with E-state index in [-0.39, 0.29) is 28.7 Å². The maximum Gasteiger partial charge on any atom is 0.417 e. The van der Waals surface area contributed by atoms with Crippen molar-refractivity contribution in [2.45, 2.75) is 12.7 Å². The Labute approximate surface area is 164 Å². The van der Waals surface area contributed by atoms with Crippen molar-refractivity contribution in [3.8, 4) is 0 Å². The molecule has 0 aliphatic rings. The van der Waals surface area contributed by atoms with Crippen molar-refractivity contribution < 1.29 is 31.5 Å². The molecule has 2 amide bonds. The number of aromatic nitrogens is 1. The number of benzene rings is 2. The lowest BCUT2D eigenvalue weighted by Crippen LogP contribution is -2.34. The minimum Gasteiger partial charge on any atom is -0.359 e. The van der Waals surface area contributed by atoms with Crippen molar-refractivity contribution in [1.82, 2.24) is 10.3 Å². The van der Waals surface area contributed by atoms with Gasteiger partial charge in [0.05, 0.1) is 21.8 Å². The Morgan fingerprint density at radius 3 is 2.38 bits per heavy atom. The van der Waals surface area contributed by atoms with Crippen molar-refractivity contribution >= 4 is 40.0 Å². The topological polar surface area (TPSA) is 74.0 Å². The molecule has 0 unspecified atom stereocenters. The highest BCUT2D eigenvalue weighted by molar-refractivity contribution is 6.40. The van der Waals surface area contributed by atoms with Gasteiger partial charge in [-0.3, -0.25) is 9.59 Å². The highest BCUT2D eigenvalue weighted by Crippen LogP contribution is 2.34. The third-order valence-corrected chi connectivity index (χ3v) is 4.28. The molecular weight excluding hydrogens is 421 g/mol. The summed E-state index contributed by atoms with van der Waals surface area (Å²) < 4.78 is 64.6. The van der Waals surface area contributed by atoms with Gasteiger partial charge in [-0.2, -0.15) is 13.2 Å². The van der Waals surface area contributed by atoms with E-state index >= 15 is 0 Å². The first-order chi connectivity index (χ1) is 13.6. The van der Waals surface area contributed by atoms with Gasteiger partial charge in [-0.05, 0) is 23.8 Å². The van der Waals surface area contributed by atoms with Crippen LogP contribution in [0.2, 0.25) is 5.02 Å². The number of carbonyl (C=O) groups excluding carboxylic acids is 2. The van der Waals surface area contributed by atoms with Crippen LogP contribution >= 0.6 is 11.6 Å². The summed E-state index contributed by atoms with van der Waals surface area (Å²) in [6, 6.07) is 4.67.